The lowest BCUT2D eigenvalue weighted by atomic mass is 10.2. The van der Waals surface area contributed by atoms with E-state index >= 15 is 0 Å². The van der Waals surface area contributed by atoms with Crippen molar-refractivity contribution in [3.63, 3.8) is 0 Å². The summed E-state index contributed by atoms with van der Waals surface area (Å²) in [7, 11) is 0. The zero-order valence-corrected chi connectivity index (χ0v) is 15.0. The number of carbonyl (C=O) groups excluding carboxylic acids is 1. The fourth-order valence-corrected chi connectivity index (χ4v) is 3.99. The Bertz CT molecular complexity index is 687. The van der Waals surface area contributed by atoms with Gasteiger partial charge in [0.05, 0.1) is 11.7 Å². The van der Waals surface area contributed by atoms with Crippen LogP contribution in [0.4, 0.5) is 5.13 Å². The van der Waals surface area contributed by atoms with Gasteiger partial charge in [0.15, 0.2) is 4.34 Å². The maximum Gasteiger partial charge on any atom is 0.261 e. The third-order valence-corrected chi connectivity index (χ3v) is 5.33. The first kappa shape index (κ1) is 17.2. The van der Waals surface area contributed by atoms with Crippen LogP contribution >= 0.6 is 23.1 Å². The zero-order chi connectivity index (χ0) is 16.8. The van der Waals surface area contributed by atoms with Crippen molar-refractivity contribution in [3.05, 3.63) is 29.8 Å². The predicted molar refractivity (Wildman–Crippen MR) is 95.2 cm³/mol. The van der Waals surface area contributed by atoms with Crippen LogP contribution in [0.1, 0.15) is 30.1 Å². The molecule has 24 heavy (non-hydrogen) atoms. The second-order valence-corrected chi connectivity index (χ2v) is 7.69. The van der Waals surface area contributed by atoms with E-state index in [2.05, 4.69) is 15.5 Å². The van der Waals surface area contributed by atoms with Gasteiger partial charge in [0.2, 0.25) is 5.13 Å². The Morgan fingerprint density at radius 3 is 3.12 bits per heavy atom. The third kappa shape index (κ3) is 4.46. The Kier molecular flexibility index (Phi) is 6.06. The maximum atomic E-state index is 12.5. The molecular weight excluding hydrogens is 346 g/mol. The highest BCUT2D eigenvalue weighted by atomic mass is 32.2. The van der Waals surface area contributed by atoms with Crippen molar-refractivity contribution < 1.29 is 14.3 Å². The van der Waals surface area contributed by atoms with E-state index in [0.29, 0.717) is 23.1 Å². The summed E-state index contributed by atoms with van der Waals surface area (Å²) in [5.74, 6) is 1.22. The first-order valence-corrected chi connectivity index (χ1v) is 9.67. The number of rotatable bonds is 7. The van der Waals surface area contributed by atoms with Crippen molar-refractivity contribution in [3.8, 4) is 5.75 Å². The van der Waals surface area contributed by atoms with E-state index < -0.39 is 0 Å². The minimum Gasteiger partial charge on any atom is -0.490 e. The molecule has 0 aliphatic carbocycles. The quantitative estimate of drug-likeness (QED) is 0.598. The van der Waals surface area contributed by atoms with Crippen molar-refractivity contribution in [2.24, 2.45) is 0 Å². The van der Waals surface area contributed by atoms with Gasteiger partial charge in [-0.05, 0) is 30.7 Å². The number of carbonyl (C=O) groups is 1. The van der Waals surface area contributed by atoms with Crippen molar-refractivity contribution in [2.45, 2.75) is 30.2 Å². The lowest BCUT2D eigenvalue weighted by Crippen LogP contribution is -2.19. The number of hydrogen-bond donors (Lipinski definition) is 1. The second-order valence-electron chi connectivity index (χ2n) is 5.20. The number of benzene rings is 1. The molecule has 1 aromatic heterocycles. The molecule has 1 aliphatic rings. The molecule has 1 fully saturated rings. The van der Waals surface area contributed by atoms with Crippen LogP contribution in [0.15, 0.2) is 28.6 Å². The molecule has 1 atom stereocenters. The summed E-state index contributed by atoms with van der Waals surface area (Å²) in [6.07, 6.45) is 2.17. The fourth-order valence-electron chi connectivity index (χ4n) is 2.35. The lowest BCUT2D eigenvalue weighted by Gasteiger charge is -2.14. The fraction of sp³-hybridized carbons (Fsp3) is 0.438. The van der Waals surface area contributed by atoms with Gasteiger partial charge in [-0.15, -0.1) is 10.2 Å². The molecule has 2 heterocycles. The number of aromatic nitrogens is 2. The molecule has 6 nitrogen and oxygen atoms in total. The van der Waals surface area contributed by atoms with Gasteiger partial charge in [0, 0.05) is 6.61 Å². The topological polar surface area (TPSA) is 73.3 Å². The largest absolute Gasteiger partial charge is 0.490 e. The molecule has 1 aromatic carbocycles. The van der Waals surface area contributed by atoms with E-state index in [1.807, 2.05) is 19.1 Å². The van der Waals surface area contributed by atoms with Gasteiger partial charge < -0.3 is 9.47 Å². The van der Waals surface area contributed by atoms with E-state index in [-0.39, 0.29) is 12.0 Å². The van der Waals surface area contributed by atoms with Crippen LogP contribution in [-0.4, -0.2) is 41.2 Å². The Labute approximate surface area is 149 Å². The van der Waals surface area contributed by atoms with Gasteiger partial charge in [-0.3, -0.25) is 10.1 Å². The standard InChI is InChI=1S/C16H19N3O3S2/c1-2-23-16-19-18-15(24-16)17-14(20)12-7-3-4-8-13(12)22-10-11-6-5-9-21-11/h3-4,7-8,11H,2,5-6,9-10H2,1H3,(H,17,18,20). The molecule has 0 spiro atoms. The molecule has 3 rings (SSSR count). The number of ether oxygens (including phenoxy) is 2. The molecular formula is C16H19N3O3S2. The number of nitrogens with one attached hydrogen (secondary N) is 1. The summed E-state index contributed by atoms with van der Waals surface area (Å²) in [5.41, 5.74) is 0.482. The monoisotopic (exact) mass is 365 g/mol. The van der Waals surface area contributed by atoms with E-state index in [9.17, 15) is 4.79 Å². The van der Waals surface area contributed by atoms with Gasteiger partial charge in [-0.2, -0.15) is 0 Å². The summed E-state index contributed by atoms with van der Waals surface area (Å²) in [4.78, 5) is 12.5. The Hall–Kier alpha value is -1.64. The molecule has 1 aliphatic heterocycles. The van der Waals surface area contributed by atoms with Crippen molar-refractivity contribution in [1.82, 2.24) is 10.2 Å². The maximum absolute atomic E-state index is 12.5. The Morgan fingerprint density at radius 2 is 2.33 bits per heavy atom. The molecule has 0 saturated carbocycles. The molecule has 1 saturated heterocycles. The molecule has 1 amide bonds. The summed E-state index contributed by atoms with van der Waals surface area (Å²) in [6, 6.07) is 7.19. The molecule has 2 aromatic rings. The normalized spacial score (nSPS) is 17.0. The SMILES string of the molecule is CCSc1nnc(NC(=O)c2ccccc2OCC2CCCO2)s1. The third-order valence-electron chi connectivity index (χ3n) is 3.48. The highest BCUT2D eigenvalue weighted by Gasteiger charge is 2.19. The van der Waals surface area contributed by atoms with Crippen LogP contribution in [-0.2, 0) is 4.74 Å². The average molecular weight is 365 g/mol. The minimum atomic E-state index is -0.248. The molecule has 128 valence electrons. The number of anilines is 1. The van der Waals surface area contributed by atoms with E-state index in [1.165, 1.54) is 11.3 Å². The van der Waals surface area contributed by atoms with Gasteiger partial charge in [0.1, 0.15) is 12.4 Å². The van der Waals surface area contributed by atoms with Crippen molar-refractivity contribution in [2.75, 3.05) is 24.3 Å². The Morgan fingerprint density at radius 1 is 1.46 bits per heavy atom. The first-order valence-electron chi connectivity index (χ1n) is 7.87. The van der Waals surface area contributed by atoms with Crippen LogP contribution < -0.4 is 10.1 Å². The van der Waals surface area contributed by atoms with E-state index in [0.717, 1.165) is 29.5 Å². The molecule has 8 heteroatoms. The highest BCUT2D eigenvalue weighted by molar-refractivity contribution is 8.01. The molecule has 0 radical (unpaired) electrons. The van der Waals surface area contributed by atoms with E-state index in [4.69, 9.17) is 9.47 Å². The van der Waals surface area contributed by atoms with Crippen molar-refractivity contribution in [1.29, 1.82) is 0 Å². The summed E-state index contributed by atoms with van der Waals surface area (Å²) in [6.45, 7) is 3.29. The van der Waals surface area contributed by atoms with Crippen LogP contribution in [0.3, 0.4) is 0 Å². The summed E-state index contributed by atoms with van der Waals surface area (Å²) >= 11 is 2.97. The van der Waals surface area contributed by atoms with Crippen LogP contribution in [0.5, 0.6) is 5.75 Å². The van der Waals surface area contributed by atoms with E-state index in [1.54, 1.807) is 23.9 Å². The average Bonchev–Trinajstić information content (AvgIpc) is 3.25. The molecule has 1 unspecified atom stereocenters. The van der Waals surface area contributed by atoms with Gasteiger partial charge in [-0.1, -0.05) is 42.2 Å². The summed E-state index contributed by atoms with van der Waals surface area (Å²) < 4.78 is 12.2. The smallest absolute Gasteiger partial charge is 0.261 e. The minimum absolute atomic E-state index is 0.109. The molecule has 0 bridgehead atoms. The van der Waals surface area contributed by atoms with Gasteiger partial charge in [0.25, 0.3) is 5.91 Å². The number of amides is 1. The number of thioether (sulfide) groups is 1. The second kappa shape index (κ2) is 8.46. The van der Waals surface area contributed by atoms with Gasteiger partial charge >= 0.3 is 0 Å². The van der Waals surface area contributed by atoms with Crippen molar-refractivity contribution >= 4 is 34.1 Å². The Balaban J connectivity index is 1.64. The van der Waals surface area contributed by atoms with Crippen LogP contribution in [0, 0.1) is 0 Å². The molecule has 1 N–H and O–H groups in total. The number of para-hydroxylation sites is 1. The first-order chi connectivity index (χ1) is 11.8. The van der Waals surface area contributed by atoms with Gasteiger partial charge in [-0.25, -0.2) is 0 Å². The van der Waals surface area contributed by atoms with Crippen LogP contribution in [0.25, 0.3) is 0 Å². The van der Waals surface area contributed by atoms with Crippen LogP contribution in [0.2, 0.25) is 0 Å². The summed E-state index contributed by atoms with van der Waals surface area (Å²) in [5, 5.41) is 11.3. The number of nitrogens with zero attached hydrogens (tertiary/aromatic N) is 2. The highest BCUT2D eigenvalue weighted by Crippen LogP contribution is 2.26. The zero-order valence-electron chi connectivity index (χ0n) is 13.4. The predicted octanol–water partition coefficient (Wildman–Crippen LogP) is 3.46. The number of hydrogen-bond acceptors (Lipinski definition) is 7. The lowest BCUT2D eigenvalue weighted by molar-refractivity contribution is 0.0673.